The van der Waals surface area contributed by atoms with Gasteiger partial charge in [0.15, 0.2) is 0 Å². The van der Waals surface area contributed by atoms with Crippen LogP contribution in [-0.2, 0) is 0 Å². The largest absolute Gasteiger partial charge is 0.0654 e. The average Bonchev–Trinajstić information content (AvgIpc) is 0.709. The van der Waals surface area contributed by atoms with E-state index in [0.717, 1.165) is 59.2 Å². The van der Waals surface area contributed by atoms with Crippen molar-refractivity contribution in [2.75, 3.05) is 0 Å². The molecule has 542 valence electrons. The molecule has 0 aromatic carbocycles. The molecule has 0 rings (SSSR count). The minimum Gasteiger partial charge on any atom is -0.0654 e. The van der Waals surface area contributed by atoms with Gasteiger partial charge in [-0.2, -0.15) is 0 Å². The van der Waals surface area contributed by atoms with Gasteiger partial charge in [-0.25, -0.2) is 0 Å². The zero-order valence-electron chi connectivity index (χ0n) is 67.7. The second-order valence-electron chi connectivity index (χ2n) is 33.9. The van der Waals surface area contributed by atoms with Gasteiger partial charge in [-0.15, -0.1) is 0 Å². The molecule has 0 aliphatic heterocycles. The summed E-state index contributed by atoms with van der Waals surface area (Å²) in [5.74, 6) is 9.24. The second-order valence-corrected chi connectivity index (χ2v) is 33.9. The van der Waals surface area contributed by atoms with Crippen LogP contribution in [0.5, 0.6) is 0 Å². The molecule has 0 aliphatic carbocycles. The van der Waals surface area contributed by atoms with Gasteiger partial charge < -0.3 is 0 Å². The summed E-state index contributed by atoms with van der Waals surface area (Å²) in [5, 5.41) is 0. The Labute approximate surface area is 575 Å². The molecule has 0 nitrogen and oxygen atoms in total. The molecule has 0 bridgehead atoms. The first-order valence-corrected chi connectivity index (χ1v) is 43.4. The highest BCUT2D eigenvalue weighted by atomic mass is 14.8. The van der Waals surface area contributed by atoms with E-state index in [1.165, 1.54) is 327 Å². The van der Waals surface area contributed by atoms with Crippen molar-refractivity contribution in [3.63, 3.8) is 0 Å². The monoisotopic (exact) mass is 1260 g/mol. The molecule has 0 fully saturated rings. The summed E-state index contributed by atoms with van der Waals surface area (Å²) in [4.78, 5) is 0. The Morgan fingerprint density at radius 1 is 0.244 bits per heavy atom. The lowest BCUT2D eigenvalue weighted by Gasteiger charge is -2.75. The SMILES string of the molecule is CCCCCC(CCC)CC(C(CC)CCC)C(CCC)(CCCC(C)C)C(CCC(C)CC)(CC(CCC)CCCCC)C(CC(C)CCC)(CC(CCC)CCCCC)C(CC(CCC)CCCCC)(C(C)CCCC)C(C)CC(CCC)CCCCC. The molecule has 0 N–H and O–H groups in total. The topological polar surface area (TPSA) is 0 Å². The molecule has 0 aromatic rings. The van der Waals surface area contributed by atoms with Crippen molar-refractivity contribution < 1.29 is 0 Å². The van der Waals surface area contributed by atoms with E-state index in [1.807, 2.05) is 0 Å². The fourth-order valence-corrected chi connectivity index (χ4v) is 21.8. The Morgan fingerprint density at radius 3 is 1.06 bits per heavy atom. The van der Waals surface area contributed by atoms with Crippen LogP contribution in [0.15, 0.2) is 0 Å². The van der Waals surface area contributed by atoms with Crippen molar-refractivity contribution in [3.05, 3.63) is 0 Å². The molecule has 0 saturated heterocycles. The highest BCUT2D eigenvalue weighted by molar-refractivity contribution is 5.20. The van der Waals surface area contributed by atoms with Gasteiger partial charge in [-0.1, -0.05) is 428 Å². The first-order chi connectivity index (χ1) is 43.4. The summed E-state index contributed by atoms with van der Waals surface area (Å²) >= 11 is 0. The van der Waals surface area contributed by atoms with Gasteiger partial charge in [-0.3, -0.25) is 0 Å². The molecule has 0 aliphatic rings. The summed E-state index contributed by atoms with van der Waals surface area (Å²) in [6, 6.07) is 0. The van der Waals surface area contributed by atoms with E-state index >= 15 is 0 Å². The van der Waals surface area contributed by atoms with Crippen LogP contribution in [0, 0.1) is 92.7 Å². The molecule has 0 aromatic heterocycles. The summed E-state index contributed by atoms with van der Waals surface area (Å²) in [6.45, 7) is 58.8. The smallest absolute Gasteiger partial charge is 0.0169 e. The third-order valence-corrected chi connectivity index (χ3v) is 26.1. The van der Waals surface area contributed by atoms with Gasteiger partial charge in [0.1, 0.15) is 0 Å². The van der Waals surface area contributed by atoms with Gasteiger partial charge in [0, 0.05) is 0 Å². The Bertz CT molecular complexity index is 1520. The van der Waals surface area contributed by atoms with Crippen LogP contribution in [-0.4, -0.2) is 0 Å². The van der Waals surface area contributed by atoms with E-state index in [1.54, 1.807) is 6.42 Å². The fourth-order valence-electron chi connectivity index (χ4n) is 21.8. The summed E-state index contributed by atoms with van der Waals surface area (Å²) < 4.78 is 0. The number of unbranched alkanes of at least 4 members (excludes halogenated alkanes) is 11. The first-order valence-electron chi connectivity index (χ1n) is 43.4. The first kappa shape index (κ1) is 90.0. The summed E-state index contributed by atoms with van der Waals surface area (Å²) in [7, 11) is 0. The standard InChI is InChI=1S/C90H182/c1-23-39-45-60-80(52-30-8)69-79(22)90(78(21)59-44-28-6,74-84(56-34-12)64-49-43-27-5)89(71-77(20)51-29-7,73-83(55-33-11)63-48-42-26-4)88(68-65-76(19)37-15,72-82(54-32-10)62-47-41-25-3)87(66-36-14,67-50-58-75(17)18)86(85(38-16)57-35-13)70-81(53-31-9)61-46-40-24-2/h75-86H,23-74H2,1-22H3. The summed E-state index contributed by atoms with van der Waals surface area (Å²) in [6.07, 6.45) is 74.1. The van der Waals surface area contributed by atoms with Crippen LogP contribution in [0.1, 0.15) is 486 Å². The lowest BCUT2D eigenvalue weighted by atomic mass is 9.29. The van der Waals surface area contributed by atoms with Crippen LogP contribution in [0.3, 0.4) is 0 Å². The normalized spacial score (nSPS) is 18.8. The Hall–Kier alpha value is 0. The van der Waals surface area contributed by atoms with E-state index in [0.29, 0.717) is 11.8 Å². The van der Waals surface area contributed by atoms with E-state index in [4.69, 9.17) is 0 Å². The molecule has 0 amide bonds. The van der Waals surface area contributed by atoms with Gasteiger partial charge in [-0.05, 0) is 150 Å². The zero-order chi connectivity index (χ0) is 67.7. The highest BCUT2D eigenvalue weighted by Gasteiger charge is 2.72. The maximum atomic E-state index is 3.12. The van der Waals surface area contributed by atoms with Crippen molar-refractivity contribution in [1.29, 1.82) is 0 Å². The number of hydrogen-bond donors (Lipinski definition) is 0. The summed E-state index contributed by atoms with van der Waals surface area (Å²) in [5.41, 5.74) is 0.857. The molecule has 0 radical (unpaired) electrons. The average molecular weight is 1260 g/mol. The highest BCUT2D eigenvalue weighted by Crippen LogP contribution is 2.79. The molecule has 0 heteroatoms. The fraction of sp³-hybridized carbons (Fsp3) is 1.00. The van der Waals surface area contributed by atoms with E-state index in [9.17, 15) is 0 Å². The maximum absolute atomic E-state index is 3.12. The number of hydrogen-bond acceptors (Lipinski definition) is 0. The van der Waals surface area contributed by atoms with Crippen LogP contribution in [0.4, 0.5) is 0 Å². The van der Waals surface area contributed by atoms with E-state index in [2.05, 4.69) is 152 Å². The lowest BCUT2D eigenvalue weighted by Crippen LogP contribution is -2.68. The van der Waals surface area contributed by atoms with Crippen LogP contribution in [0.25, 0.3) is 0 Å². The van der Waals surface area contributed by atoms with E-state index < -0.39 is 0 Å². The third kappa shape index (κ3) is 30.4. The molecule has 0 saturated carbocycles. The van der Waals surface area contributed by atoms with Gasteiger partial charge in [0.2, 0.25) is 0 Å². The Balaban J connectivity index is 12.1. The minimum absolute atomic E-state index is 0.187. The van der Waals surface area contributed by atoms with Crippen LogP contribution < -0.4 is 0 Å². The van der Waals surface area contributed by atoms with Crippen molar-refractivity contribution in [2.24, 2.45) is 92.7 Å². The van der Waals surface area contributed by atoms with Crippen molar-refractivity contribution >= 4 is 0 Å². The molecular formula is C90H182. The third-order valence-electron chi connectivity index (χ3n) is 26.1. The Kier molecular flexibility index (Phi) is 54.9. The van der Waals surface area contributed by atoms with Crippen molar-refractivity contribution in [3.8, 4) is 0 Å². The maximum Gasteiger partial charge on any atom is -0.0169 e. The van der Waals surface area contributed by atoms with Crippen LogP contribution in [0.2, 0.25) is 0 Å². The molecule has 15 unspecified atom stereocenters. The molecule has 15 atom stereocenters. The molecule has 0 spiro atoms. The molecule has 90 heavy (non-hydrogen) atoms. The minimum atomic E-state index is 0.187. The predicted octanol–water partition coefficient (Wildman–Crippen LogP) is 33.0. The van der Waals surface area contributed by atoms with Crippen molar-refractivity contribution in [1.82, 2.24) is 0 Å². The van der Waals surface area contributed by atoms with Crippen LogP contribution >= 0.6 is 0 Å². The van der Waals surface area contributed by atoms with Crippen molar-refractivity contribution in [2.45, 2.75) is 486 Å². The van der Waals surface area contributed by atoms with Gasteiger partial charge in [0.05, 0.1) is 0 Å². The second kappa shape index (κ2) is 54.9. The lowest BCUT2D eigenvalue weighted by molar-refractivity contribution is -0.265. The molecule has 0 heterocycles. The van der Waals surface area contributed by atoms with E-state index in [-0.39, 0.29) is 21.7 Å². The quantitative estimate of drug-likeness (QED) is 0.0533. The molecular weight excluding hydrogens is 1080 g/mol. The van der Waals surface area contributed by atoms with Gasteiger partial charge >= 0.3 is 0 Å². The Morgan fingerprint density at radius 2 is 0.656 bits per heavy atom. The number of rotatable bonds is 67. The van der Waals surface area contributed by atoms with Gasteiger partial charge in [0.25, 0.3) is 0 Å². The predicted molar refractivity (Wildman–Crippen MR) is 417 cm³/mol. The zero-order valence-corrected chi connectivity index (χ0v) is 67.7.